The Morgan fingerprint density at radius 1 is 0.903 bits per heavy atom. The van der Waals surface area contributed by atoms with Gasteiger partial charge in [-0.1, -0.05) is 26.0 Å². The summed E-state index contributed by atoms with van der Waals surface area (Å²) in [4.78, 5) is 28.8. The van der Waals surface area contributed by atoms with Crippen molar-refractivity contribution in [3.8, 4) is 5.75 Å². The van der Waals surface area contributed by atoms with Gasteiger partial charge in [-0.2, -0.15) is 0 Å². The number of hydrogen-bond acceptors (Lipinski definition) is 4. The molecule has 3 rings (SSSR count). The van der Waals surface area contributed by atoms with Crippen LogP contribution in [0, 0.1) is 6.92 Å². The smallest absolute Gasteiger partial charge is 0.265 e. The van der Waals surface area contributed by atoms with E-state index >= 15 is 0 Å². The summed E-state index contributed by atoms with van der Waals surface area (Å²) >= 11 is 0. The molecule has 160 valence electrons. The molecule has 0 saturated carbocycles. The Morgan fingerprint density at radius 2 is 1.58 bits per heavy atom. The van der Waals surface area contributed by atoms with Gasteiger partial charge < -0.3 is 15.4 Å². The van der Waals surface area contributed by atoms with Gasteiger partial charge >= 0.3 is 0 Å². The number of ether oxygens (including phenoxy) is 1. The molecule has 0 bridgehead atoms. The summed E-state index contributed by atoms with van der Waals surface area (Å²) in [5, 5.41) is 5.65. The first kappa shape index (κ1) is 22.0. The van der Waals surface area contributed by atoms with Crippen molar-refractivity contribution in [2.24, 2.45) is 0 Å². The molecule has 1 atom stereocenters. The van der Waals surface area contributed by atoms with Gasteiger partial charge in [-0.3, -0.25) is 14.6 Å². The molecule has 0 spiro atoms. The summed E-state index contributed by atoms with van der Waals surface area (Å²) < 4.78 is 5.83. The highest BCUT2D eigenvalue weighted by Gasteiger charge is 2.16. The maximum absolute atomic E-state index is 12.6. The minimum Gasteiger partial charge on any atom is -0.481 e. The largest absolute Gasteiger partial charge is 0.481 e. The molecule has 2 aromatic carbocycles. The van der Waals surface area contributed by atoms with Crippen LogP contribution in [0.25, 0.3) is 0 Å². The lowest BCUT2D eigenvalue weighted by Crippen LogP contribution is -2.30. The first-order valence-corrected chi connectivity index (χ1v) is 10.2. The Hall–Kier alpha value is -3.67. The van der Waals surface area contributed by atoms with Gasteiger partial charge in [0, 0.05) is 29.3 Å². The summed E-state index contributed by atoms with van der Waals surface area (Å²) in [6.07, 6.45) is 2.44. The van der Waals surface area contributed by atoms with Crippen LogP contribution in [0.2, 0.25) is 0 Å². The highest BCUT2D eigenvalue weighted by molar-refractivity contribution is 6.04. The normalized spacial score (nSPS) is 11.6. The molecule has 2 amide bonds. The van der Waals surface area contributed by atoms with E-state index < -0.39 is 6.10 Å². The van der Waals surface area contributed by atoms with Gasteiger partial charge in [-0.05, 0) is 73.4 Å². The highest BCUT2D eigenvalue weighted by Crippen LogP contribution is 2.24. The minimum absolute atomic E-state index is 0.247. The molecule has 0 radical (unpaired) electrons. The summed E-state index contributed by atoms with van der Waals surface area (Å²) in [5.74, 6) is 0.565. The number of aryl methyl sites for hydroxylation is 1. The van der Waals surface area contributed by atoms with Gasteiger partial charge in [-0.15, -0.1) is 0 Å². The number of aromatic nitrogens is 1. The quantitative estimate of drug-likeness (QED) is 0.556. The Balaban J connectivity index is 1.61. The van der Waals surface area contributed by atoms with Crippen LogP contribution in [0.3, 0.4) is 0 Å². The van der Waals surface area contributed by atoms with E-state index in [2.05, 4.69) is 29.5 Å². The predicted molar refractivity (Wildman–Crippen MR) is 123 cm³/mol. The molecule has 0 fully saturated rings. The second-order valence-electron chi connectivity index (χ2n) is 7.69. The molecule has 0 aliphatic carbocycles. The average Bonchev–Trinajstić information content (AvgIpc) is 2.74. The molecule has 31 heavy (non-hydrogen) atoms. The van der Waals surface area contributed by atoms with E-state index in [-0.39, 0.29) is 11.8 Å². The number of benzene rings is 2. The molecule has 1 heterocycles. The van der Waals surface area contributed by atoms with Crippen LogP contribution in [0.15, 0.2) is 67.0 Å². The van der Waals surface area contributed by atoms with E-state index in [4.69, 9.17) is 4.74 Å². The number of anilines is 2. The fraction of sp³-hybridized carbons (Fsp3) is 0.240. The van der Waals surface area contributed by atoms with Crippen LogP contribution >= 0.6 is 0 Å². The summed E-state index contributed by atoms with van der Waals surface area (Å²) in [6, 6.07) is 16.1. The van der Waals surface area contributed by atoms with E-state index in [0.29, 0.717) is 28.6 Å². The van der Waals surface area contributed by atoms with Crippen molar-refractivity contribution < 1.29 is 14.3 Å². The number of rotatable bonds is 7. The van der Waals surface area contributed by atoms with Crippen LogP contribution in [0.1, 0.15) is 48.2 Å². The Kier molecular flexibility index (Phi) is 7.03. The lowest BCUT2D eigenvalue weighted by Gasteiger charge is -2.17. The van der Waals surface area contributed by atoms with Crippen LogP contribution in [-0.4, -0.2) is 22.9 Å². The van der Waals surface area contributed by atoms with E-state index in [1.807, 2.05) is 25.1 Å². The highest BCUT2D eigenvalue weighted by atomic mass is 16.5. The summed E-state index contributed by atoms with van der Waals surface area (Å²) in [6.45, 7) is 8.04. The Morgan fingerprint density at radius 3 is 2.23 bits per heavy atom. The lowest BCUT2D eigenvalue weighted by molar-refractivity contribution is -0.122. The molecule has 0 aliphatic heterocycles. The molecule has 1 unspecified atom stereocenters. The average molecular weight is 418 g/mol. The number of pyridine rings is 1. The first-order valence-electron chi connectivity index (χ1n) is 10.2. The third-order valence-electron chi connectivity index (χ3n) is 4.88. The number of hydrogen-bond donors (Lipinski definition) is 2. The lowest BCUT2D eigenvalue weighted by atomic mass is 9.98. The second kappa shape index (κ2) is 9.89. The van der Waals surface area contributed by atoms with E-state index in [0.717, 1.165) is 5.56 Å². The van der Waals surface area contributed by atoms with Gasteiger partial charge in [-0.25, -0.2) is 0 Å². The van der Waals surface area contributed by atoms with E-state index in [1.165, 1.54) is 5.56 Å². The van der Waals surface area contributed by atoms with Crippen molar-refractivity contribution in [3.05, 3.63) is 83.7 Å². The van der Waals surface area contributed by atoms with Crippen molar-refractivity contribution in [2.45, 2.75) is 39.7 Å². The first-order chi connectivity index (χ1) is 14.8. The van der Waals surface area contributed by atoms with Crippen molar-refractivity contribution in [2.75, 3.05) is 10.6 Å². The third kappa shape index (κ3) is 5.92. The van der Waals surface area contributed by atoms with Crippen LogP contribution in [0.5, 0.6) is 5.75 Å². The maximum atomic E-state index is 12.6. The van der Waals surface area contributed by atoms with Crippen LogP contribution in [0.4, 0.5) is 11.4 Å². The second-order valence-corrected chi connectivity index (χ2v) is 7.69. The Bertz CT molecular complexity index is 1060. The molecule has 2 N–H and O–H groups in total. The van der Waals surface area contributed by atoms with Gasteiger partial charge in [0.25, 0.3) is 11.8 Å². The van der Waals surface area contributed by atoms with Crippen LogP contribution < -0.4 is 15.4 Å². The number of nitrogens with one attached hydrogen (secondary N) is 2. The van der Waals surface area contributed by atoms with Gasteiger partial charge in [0.05, 0.1) is 0 Å². The maximum Gasteiger partial charge on any atom is 0.265 e. The molecule has 0 aliphatic rings. The molecular formula is C25H27N3O3. The van der Waals surface area contributed by atoms with Crippen molar-refractivity contribution >= 4 is 23.2 Å². The number of amides is 2. The van der Waals surface area contributed by atoms with E-state index in [9.17, 15) is 9.59 Å². The van der Waals surface area contributed by atoms with E-state index in [1.54, 1.807) is 55.7 Å². The Labute approximate surface area is 182 Å². The van der Waals surface area contributed by atoms with Gasteiger partial charge in [0.2, 0.25) is 0 Å². The SMILES string of the molecule is Cc1cc(OC(C)C(=O)Nc2cccc(NC(=O)c3ccncc3)c2)ccc1C(C)C. The molecule has 3 aromatic rings. The zero-order valence-electron chi connectivity index (χ0n) is 18.2. The third-order valence-corrected chi connectivity index (χ3v) is 4.88. The van der Waals surface area contributed by atoms with Gasteiger partial charge in [0.1, 0.15) is 5.75 Å². The fourth-order valence-electron chi connectivity index (χ4n) is 3.25. The number of nitrogens with zero attached hydrogens (tertiary/aromatic N) is 1. The molecule has 0 saturated heterocycles. The number of carbonyl (C=O) groups is 2. The summed E-state index contributed by atoms with van der Waals surface area (Å²) in [7, 11) is 0. The molecule has 6 nitrogen and oxygen atoms in total. The zero-order chi connectivity index (χ0) is 22.4. The topological polar surface area (TPSA) is 80.3 Å². The minimum atomic E-state index is -0.681. The monoisotopic (exact) mass is 417 g/mol. The molecular weight excluding hydrogens is 390 g/mol. The molecule has 1 aromatic heterocycles. The summed E-state index contributed by atoms with van der Waals surface area (Å²) in [5.41, 5.74) is 4.05. The van der Waals surface area contributed by atoms with Crippen molar-refractivity contribution in [1.82, 2.24) is 4.98 Å². The number of carbonyl (C=O) groups excluding carboxylic acids is 2. The van der Waals surface area contributed by atoms with Gasteiger partial charge in [0.15, 0.2) is 6.10 Å². The zero-order valence-corrected chi connectivity index (χ0v) is 18.2. The standard InChI is InChI=1S/C25H27N3O3/c1-16(2)23-9-8-22(14-17(23)3)31-18(4)24(29)27-20-6-5-7-21(15-20)28-25(30)19-10-12-26-13-11-19/h5-16,18H,1-4H3,(H,27,29)(H,28,30). The van der Waals surface area contributed by atoms with Crippen molar-refractivity contribution in [1.29, 1.82) is 0 Å². The fourth-order valence-corrected chi connectivity index (χ4v) is 3.25. The predicted octanol–water partition coefficient (Wildman–Crippen LogP) is 5.17. The van der Waals surface area contributed by atoms with Crippen LogP contribution in [-0.2, 0) is 4.79 Å². The van der Waals surface area contributed by atoms with Crippen molar-refractivity contribution in [3.63, 3.8) is 0 Å². The molecule has 6 heteroatoms.